The summed E-state index contributed by atoms with van der Waals surface area (Å²) in [4.78, 5) is 24.7. The van der Waals surface area contributed by atoms with Gasteiger partial charge in [0.1, 0.15) is 5.92 Å². The number of hydrogen-bond acceptors (Lipinski definition) is 5. The van der Waals surface area contributed by atoms with Crippen molar-refractivity contribution >= 4 is 23.4 Å². The molecule has 0 unspecified atom stereocenters. The Bertz CT molecular complexity index is 983. The van der Waals surface area contributed by atoms with E-state index in [9.17, 15) is 33.0 Å². The Balaban J connectivity index is 2.20. The fraction of sp³-hybridized carbons (Fsp3) is 0.263. The summed E-state index contributed by atoms with van der Waals surface area (Å²) in [5, 5.41) is 25.5. The van der Waals surface area contributed by atoms with Crippen LogP contribution in [0.4, 0.5) is 18.0 Å². The molecule has 11 heteroatoms. The molecule has 2 aromatic rings. The molecule has 1 heterocycles. The molecule has 3 rings (SSSR count). The first-order valence-electron chi connectivity index (χ1n) is 8.52. The number of carbonyl (C=O) groups is 2. The molecule has 1 fully saturated rings. The van der Waals surface area contributed by atoms with E-state index in [1.807, 2.05) is 5.32 Å². The zero-order valence-electron chi connectivity index (χ0n) is 15.3. The predicted molar refractivity (Wildman–Crippen MR) is 99.0 cm³/mol. The Labute approximate surface area is 173 Å². The number of alkyl halides is 3. The van der Waals surface area contributed by atoms with E-state index < -0.39 is 35.7 Å². The number of ketones is 1. The lowest BCUT2D eigenvalue weighted by atomic mass is 9.76. The lowest BCUT2D eigenvalue weighted by molar-refractivity contribution is -0.190. The van der Waals surface area contributed by atoms with E-state index in [0.717, 1.165) is 6.07 Å². The van der Waals surface area contributed by atoms with E-state index in [-0.39, 0.29) is 27.6 Å². The maximum absolute atomic E-state index is 13.5. The average Bonchev–Trinajstić information content (AvgIpc) is 2.67. The Morgan fingerprint density at radius 3 is 2.40 bits per heavy atom. The number of Topliss-reactive ketones (excluding diaryl/α,β-unsaturated/α-hetero) is 1. The van der Waals surface area contributed by atoms with Crippen molar-refractivity contribution in [1.29, 1.82) is 0 Å². The van der Waals surface area contributed by atoms with E-state index in [2.05, 4.69) is 5.32 Å². The standard InChI is InChI=1S/C19H16ClF3N2O5/c1-30-13-8-9(2-7-12(13)26)15-14(16(27)19(21,22)23)18(29,25-17(28)24-15)10-3-5-11(20)6-4-10/h2-8,14-15,26,29H,1H3,(H2,24,25,28)/t14-,15+,18+/m1/s1. The van der Waals surface area contributed by atoms with Gasteiger partial charge in [0.25, 0.3) is 0 Å². The fourth-order valence-electron chi connectivity index (χ4n) is 3.39. The van der Waals surface area contributed by atoms with E-state index >= 15 is 0 Å². The van der Waals surface area contributed by atoms with Crippen LogP contribution < -0.4 is 15.4 Å². The fourth-order valence-corrected chi connectivity index (χ4v) is 3.52. The molecule has 2 amide bonds. The molecular weight excluding hydrogens is 429 g/mol. The summed E-state index contributed by atoms with van der Waals surface area (Å²) in [6, 6.07) is 5.95. The Morgan fingerprint density at radius 2 is 1.83 bits per heavy atom. The van der Waals surface area contributed by atoms with Crippen molar-refractivity contribution < 1.29 is 37.7 Å². The predicted octanol–water partition coefficient (Wildman–Crippen LogP) is 3.00. The molecule has 1 aliphatic heterocycles. The van der Waals surface area contributed by atoms with Crippen LogP contribution in [0.5, 0.6) is 11.5 Å². The lowest BCUT2D eigenvalue weighted by Gasteiger charge is -2.45. The van der Waals surface area contributed by atoms with Gasteiger partial charge in [-0.05, 0) is 29.8 Å². The van der Waals surface area contributed by atoms with Gasteiger partial charge in [0.15, 0.2) is 17.2 Å². The first kappa shape index (κ1) is 21.7. The molecule has 1 aliphatic rings. The number of phenols is 1. The molecule has 0 radical (unpaired) electrons. The molecule has 0 aliphatic carbocycles. The average molecular weight is 445 g/mol. The molecule has 30 heavy (non-hydrogen) atoms. The highest BCUT2D eigenvalue weighted by atomic mass is 35.5. The van der Waals surface area contributed by atoms with Crippen LogP contribution in [0.2, 0.25) is 5.02 Å². The van der Waals surface area contributed by atoms with Gasteiger partial charge in [-0.1, -0.05) is 29.8 Å². The van der Waals surface area contributed by atoms with Crippen LogP contribution in [-0.2, 0) is 10.5 Å². The number of carbonyl (C=O) groups excluding carboxylic acids is 2. The number of nitrogens with one attached hydrogen (secondary N) is 2. The highest BCUT2D eigenvalue weighted by molar-refractivity contribution is 6.30. The summed E-state index contributed by atoms with van der Waals surface area (Å²) < 4.78 is 45.4. The maximum Gasteiger partial charge on any atom is 0.450 e. The second-order valence-electron chi connectivity index (χ2n) is 6.62. The van der Waals surface area contributed by atoms with Crippen molar-refractivity contribution in [3.63, 3.8) is 0 Å². The van der Waals surface area contributed by atoms with Gasteiger partial charge in [-0.25, -0.2) is 4.79 Å². The summed E-state index contributed by atoms with van der Waals surface area (Å²) >= 11 is 5.80. The van der Waals surface area contributed by atoms with Gasteiger partial charge in [-0.15, -0.1) is 0 Å². The molecule has 1 saturated heterocycles. The van der Waals surface area contributed by atoms with Gasteiger partial charge in [-0.3, -0.25) is 4.79 Å². The molecule has 0 bridgehead atoms. The highest BCUT2D eigenvalue weighted by Gasteiger charge is 2.59. The van der Waals surface area contributed by atoms with Gasteiger partial charge in [0.05, 0.1) is 13.2 Å². The lowest BCUT2D eigenvalue weighted by Crippen LogP contribution is -2.66. The summed E-state index contributed by atoms with van der Waals surface area (Å²) in [5.41, 5.74) is -2.86. The highest BCUT2D eigenvalue weighted by Crippen LogP contribution is 2.44. The number of aliphatic hydroxyl groups is 1. The molecule has 7 nitrogen and oxygen atoms in total. The van der Waals surface area contributed by atoms with Gasteiger partial charge >= 0.3 is 12.2 Å². The van der Waals surface area contributed by atoms with Crippen molar-refractivity contribution in [1.82, 2.24) is 10.6 Å². The molecule has 0 saturated carbocycles. The number of rotatable bonds is 4. The van der Waals surface area contributed by atoms with Crippen LogP contribution in [0.15, 0.2) is 42.5 Å². The number of ether oxygens (including phenoxy) is 1. The van der Waals surface area contributed by atoms with E-state index in [1.165, 1.54) is 43.5 Å². The zero-order valence-corrected chi connectivity index (χ0v) is 16.1. The Hall–Kier alpha value is -2.98. The number of halogens is 4. The van der Waals surface area contributed by atoms with Crippen molar-refractivity contribution in [2.45, 2.75) is 17.9 Å². The number of hydrogen-bond donors (Lipinski definition) is 4. The number of urea groups is 1. The van der Waals surface area contributed by atoms with E-state index in [4.69, 9.17) is 16.3 Å². The summed E-state index contributed by atoms with van der Waals surface area (Å²) in [6.45, 7) is 0. The van der Waals surface area contributed by atoms with Crippen molar-refractivity contribution in [2.75, 3.05) is 7.11 Å². The number of benzene rings is 2. The summed E-state index contributed by atoms with van der Waals surface area (Å²) in [6.07, 6.45) is -5.31. The monoisotopic (exact) mass is 444 g/mol. The number of phenolic OH excluding ortho intramolecular Hbond substituents is 1. The van der Waals surface area contributed by atoms with Crippen LogP contribution in [0.3, 0.4) is 0 Å². The SMILES string of the molecule is COc1cc([C@@H]2NC(=O)N[C@](O)(c3ccc(Cl)cc3)[C@H]2C(=O)C(F)(F)F)ccc1O. The van der Waals surface area contributed by atoms with Gasteiger partial charge in [0, 0.05) is 10.6 Å². The quantitative estimate of drug-likeness (QED) is 0.580. The molecule has 0 aromatic heterocycles. The normalized spacial score (nSPS) is 24.0. The van der Waals surface area contributed by atoms with Gasteiger partial charge in [0.2, 0.25) is 5.78 Å². The first-order chi connectivity index (χ1) is 14.0. The van der Waals surface area contributed by atoms with E-state index in [1.54, 1.807) is 0 Å². The molecule has 2 aromatic carbocycles. The minimum Gasteiger partial charge on any atom is -0.504 e. The summed E-state index contributed by atoms with van der Waals surface area (Å²) in [5.74, 6) is -4.85. The zero-order chi connectivity index (χ0) is 22.3. The Morgan fingerprint density at radius 1 is 1.20 bits per heavy atom. The minimum absolute atomic E-state index is 0.00879. The smallest absolute Gasteiger partial charge is 0.450 e. The molecule has 0 spiro atoms. The van der Waals surface area contributed by atoms with Crippen LogP contribution in [0.25, 0.3) is 0 Å². The second-order valence-corrected chi connectivity index (χ2v) is 7.06. The Kier molecular flexibility index (Phi) is 5.57. The van der Waals surface area contributed by atoms with E-state index in [0.29, 0.717) is 0 Å². The molecule has 3 atom stereocenters. The van der Waals surface area contributed by atoms with Gasteiger partial charge < -0.3 is 25.6 Å². The third-order valence-corrected chi connectivity index (χ3v) is 5.04. The van der Waals surface area contributed by atoms with Crippen LogP contribution >= 0.6 is 11.6 Å². The minimum atomic E-state index is -5.31. The summed E-state index contributed by atoms with van der Waals surface area (Å²) in [7, 11) is 1.22. The first-order valence-corrected chi connectivity index (χ1v) is 8.90. The maximum atomic E-state index is 13.5. The van der Waals surface area contributed by atoms with Crippen LogP contribution in [0.1, 0.15) is 17.2 Å². The van der Waals surface area contributed by atoms with Crippen molar-refractivity contribution in [3.05, 3.63) is 58.6 Å². The molecule has 4 N–H and O–H groups in total. The number of aromatic hydroxyl groups is 1. The van der Waals surface area contributed by atoms with Crippen molar-refractivity contribution in [3.8, 4) is 11.5 Å². The molecular formula is C19H16ClF3N2O5. The molecule has 160 valence electrons. The van der Waals surface area contributed by atoms with Crippen molar-refractivity contribution in [2.24, 2.45) is 5.92 Å². The second kappa shape index (κ2) is 7.69. The largest absolute Gasteiger partial charge is 0.504 e. The van der Waals surface area contributed by atoms with Crippen LogP contribution in [-0.4, -0.2) is 35.3 Å². The number of methoxy groups -OCH3 is 1. The topological polar surface area (TPSA) is 108 Å². The third-order valence-electron chi connectivity index (χ3n) is 4.78. The third kappa shape index (κ3) is 3.88. The number of amides is 2. The van der Waals surface area contributed by atoms with Crippen LogP contribution in [0, 0.1) is 5.92 Å². The van der Waals surface area contributed by atoms with Gasteiger partial charge in [-0.2, -0.15) is 13.2 Å².